The fraction of sp³-hybridized carbons (Fsp3) is 0.227. The van der Waals surface area contributed by atoms with Gasteiger partial charge in [0.25, 0.3) is 0 Å². The van der Waals surface area contributed by atoms with Crippen LogP contribution in [0, 0.1) is 0 Å². The summed E-state index contributed by atoms with van der Waals surface area (Å²) in [7, 11) is 0. The number of hydrogen-bond acceptors (Lipinski definition) is 4. The highest BCUT2D eigenvalue weighted by Crippen LogP contribution is 2.51. The van der Waals surface area contributed by atoms with Gasteiger partial charge in [-0.1, -0.05) is 33.9 Å². The molecule has 0 spiro atoms. The molecule has 6 nitrogen and oxygen atoms in total. The zero-order chi connectivity index (χ0) is 21.7. The van der Waals surface area contributed by atoms with Crippen LogP contribution in [0.25, 0.3) is 22.2 Å². The summed E-state index contributed by atoms with van der Waals surface area (Å²) in [5.74, 6) is -0.766. The van der Waals surface area contributed by atoms with E-state index in [1.54, 1.807) is 35.3 Å². The molecule has 1 fully saturated rings. The molecule has 1 aromatic carbocycles. The van der Waals surface area contributed by atoms with Gasteiger partial charge in [-0.2, -0.15) is 9.89 Å². The van der Waals surface area contributed by atoms with E-state index in [4.69, 9.17) is 11.6 Å². The standard InChI is InChI=1S/C22H18ClFN4O2S/c1-2-27-11-13(10-25-27)20-21(31-18-5-3-4-16(26-18)22(29)30)19-15(12-6-7-12)8-14(23)9-17(19)28(20)24/h3-5,8-12H,2,6-7H2,1H3,(H,29,30). The Labute approximate surface area is 186 Å². The van der Waals surface area contributed by atoms with E-state index >= 15 is 4.48 Å². The number of carbonyl (C=O) groups is 1. The third-order valence-corrected chi connectivity index (χ3v) is 6.62. The number of aryl methyl sites for hydroxylation is 1. The number of carboxylic acids is 1. The van der Waals surface area contributed by atoms with Crippen LogP contribution in [0.3, 0.4) is 0 Å². The maximum Gasteiger partial charge on any atom is 0.354 e. The maximum absolute atomic E-state index is 15.7. The van der Waals surface area contributed by atoms with Crippen LogP contribution in [0.1, 0.15) is 41.7 Å². The van der Waals surface area contributed by atoms with Gasteiger partial charge in [-0.25, -0.2) is 9.78 Å². The first-order chi connectivity index (χ1) is 15.0. The minimum atomic E-state index is -1.11. The number of nitrogens with zero attached hydrogens (tertiary/aromatic N) is 4. The number of pyridine rings is 1. The van der Waals surface area contributed by atoms with Crippen molar-refractivity contribution in [1.82, 2.24) is 19.6 Å². The van der Waals surface area contributed by atoms with Gasteiger partial charge in [0.2, 0.25) is 0 Å². The molecule has 0 amide bonds. The predicted octanol–water partition coefficient (Wildman–Crippen LogP) is 6.03. The molecule has 1 aliphatic rings. The Hall–Kier alpha value is -2.84. The summed E-state index contributed by atoms with van der Waals surface area (Å²) < 4.78 is 17.5. The Balaban J connectivity index is 1.77. The SMILES string of the molecule is CCn1cc(-c2c(Sc3cccc(C(=O)O)n3)c3c(C4CC4)cc(Cl)cc3n2F)cn1. The first-order valence-electron chi connectivity index (χ1n) is 9.91. The number of aromatic carboxylic acids is 1. The summed E-state index contributed by atoms with van der Waals surface area (Å²) in [5.41, 5.74) is 2.35. The second kappa shape index (κ2) is 7.69. The van der Waals surface area contributed by atoms with Crippen molar-refractivity contribution in [1.29, 1.82) is 0 Å². The first kappa shape index (κ1) is 20.1. The van der Waals surface area contributed by atoms with Gasteiger partial charge in [0.05, 0.1) is 22.3 Å². The number of carboxylic acid groups (broad SMARTS) is 1. The Kier molecular flexibility index (Phi) is 4.98. The van der Waals surface area contributed by atoms with Crippen molar-refractivity contribution < 1.29 is 14.4 Å². The number of benzene rings is 1. The molecular weight excluding hydrogens is 439 g/mol. The zero-order valence-corrected chi connectivity index (χ0v) is 18.1. The fourth-order valence-corrected chi connectivity index (χ4v) is 5.10. The predicted molar refractivity (Wildman–Crippen MR) is 118 cm³/mol. The second-order valence-electron chi connectivity index (χ2n) is 7.47. The van der Waals surface area contributed by atoms with Gasteiger partial charge in [-0.3, -0.25) is 4.68 Å². The first-order valence-corrected chi connectivity index (χ1v) is 11.1. The molecule has 0 bridgehead atoms. The molecule has 1 N–H and O–H groups in total. The Bertz CT molecular complexity index is 1330. The highest BCUT2D eigenvalue weighted by Gasteiger charge is 2.31. The minimum Gasteiger partial charge on any atom is -0.477 e. The topological polar surface area (TPSA) is 72.9 Å². The van der Waals surface area contributed by atoms with Crippen molar-refractivity contribution in [2.75, 3.05) is 0 Å². The molecule has 9 heteroatoms. The largest absolute Gasteiger partial charge is 0.477 e. The van der Waals surface area contributed by atoms with Crippen LogP contribution < -0.4 is 0 Å². The van der Waals surface area contributed by atoms with Crippen molar-refractivity contribution in [2.24, 2.45) is 0 Å². The van der Waals surface area contributed by atoms with Crippen LogP contribution in [0.5, 0.6) is 0 Å². The lowest BCUT2D eigenvalue weighted by Crippen LogP contribution is -2.00. The van der Waals surface area contributed by atoms with Crippen molar-refractivity contribution in [3.63, 3.8) is 0 Å². The summed E-state index contributed by atoms with van der Waals surface area (Å²) in [4.78, 5) is 16.9. The molecule has 5 rings (SSSR count). The van der Waals surface area contributed by atoms with Crippen molar-refractivity contribution in [3.05, 3.63) is 59.0 Å². The van der Waals surface area contributed by atoms with Crippen LogP contribution >= 0.6 is 23.4 Å². The van der Waals surface area contributed by atoms with E-state index in [-0.39, 0.29) is 5.69 Å². The number of halogens is 2. The minimum absolute atomic E-state index is 0.0557. The third-order valence-electron chi connectivity index (χ3n) is 5.36. The van der Waals surface area contributed by atoms with Crippen LogP contribution in [-0.4, -0.2) is 30.6 Å². The van der Waals surface area contributed by atoms with E-state index in [1.165, 1.54) is 17.8 Å². The van der Waals surface area contributed by atoms with E-state index in [9.17, 15) is 9.90 Å². The molecular formula is C22H18ClFN4O2S. The molecule has 1 saturated carbocycles. The van der Waals surface area contributed by atoms with E-state index in [1.807, 2.05) is 13.0 Å². The lowest BCUT2D eigenvalue weighted by atomic mass is 10.1. The number of fused-ring (bicyclic) bond motifs is 1. The Morgan fingerprint density at radius 1 is 1.35 bits per heavy atom. The summed E-state index contributed by atoms with van der Waals surface area (Å²) in [6.45, 7) is 2.63. The van der Waals surface area contributed by atoms with E-state index in [0.29, 0.717) is 49.0 Å². The van der Waals surface area contributed by atoms with E-state index in [2.05, 4.69) is 10.1 Å². The lowest BCUT2D eigenvalue weighted by molar-refractivity contribution is 0.0689. The number of aromatic nitrogens is 4. The molecule has 31 heavy (non-hydrogen) atoms. The summed E-state index contributed by atoms with van der Waals surface area (Å²) in [5, 5.41) is 15.4. The van der Waals surface area contributed by atoms with Crippen molar-refractivity contribution in [3.8, 4) is 11.3 Å². The molecule has 4 aromatic rings. The van der Waals surface area contributed by atoms with E-state index in [0.717, 1.165) is 23.8 Å². The average Bonchev–Trinajstić information content (AvgIpc) is 3.44. The molecule has 3 heterocycles. The highest BCUT2D eigenvalue weighted by molar-refractivity contribution is 7.99. The second-order valence-corrected chi connectivity index (χ2v) is 8.94. The van der Waals surface area contributed by atoms with Crippen molar-refractivity contribution in [2.45, 2.75) is 42.1 Å². The molecule has 0 radical (unpaired) electrons. The summed E-state index contributed by atoms with van der Waals surface area (Å²) >= 11 is 7.59. The van der Waals surface area contributed by atoms with Gasteiger partial charge < -0.3 is 5.11 Å². The lowest BCUT2D eigenvalue weighted by Gasteiger charge is -2.07. The van der Waals surface area contributed by atoms with Gasteiger partial charge in [0.1, 0.15) is 10.7 Å². The van der Waals surface area contributed by atoms with E-state index < -0.39 is 5.97 Å². The molecule has 3 aromatic heterocycles. The van der Waals surface area contributed by atoms with Gasteiger partial charge in [-0.05, 0) is 55.5 Å². The molecule has 0 aliphatic heterocycles. The molecule has 0 unspecified atom stereocenters. The number of rotatable bonds is 6. The zero-order valence-electron chi connectivity index (χ0n) is 16.5. The Morgan fingerprint density at radius 2 is 2.16 bits per heavy atom. The van der Waals surface area contributed by atoms with Crippen LogP contribution in [0.4, 0.5) is 4.48 Å². The smallest absolute Gasteiger partial charge is 0.354 e. The maximum atomic E-state index is 15.7. The molecule has 1 aliphatic carbocycles. The monoisotopic (exact) mass is 456 g/mol. The summed E-state index contributed by atoms with van der Waals surface area (Å²) in [6.07, 6.45) is 5.50. The normalized spacial score (nSPS) is 13.8. The molecule has 0 atom stereocenters. The van der Waals surface area contributed by atoms with Gasteiger partial charge in [0, 0.05) is 28.7 Å². The van der Waals surface area contributed by atoms with Gasteiger partial charge in [0.15, 0.2) is 0 Å². The quantitative estimate of drug-likeness (QED) is 0.383. The van der Waals surface area contributed by atoms with Gasteiger partial charge in [-0.15, -0.1) is 0 Å². The van der Waals surface area contributed by atoms with Crippen LogP contribution in [0.15, 0.2) is 52.6 Å². The molecule has 158 valence electrons. The highest BCUT2D eigenvalue weighted by atomic mass is 35.5. The Morgan fingerprint density at radius 3 is 2.84 bits per heavy atom. The fourth-order valence-electron chi connectivity index (χ4n) is 3.76. The average molecular weight is 457 g/mol. The van der Waals surface area contributed by atoms with Crippen LogP contribution in [-0.2, 0) is 6.54 Å². The number of hydrogen-bond donors (Lipinski definition) is 1. The van der Waals surface area contributed by atoms with Crippen LogP contribution in [0.2, 0.25) is 5.02 Å². The molecule has 0 saturated heterocycles. The third kappa shape index (κ3) is 3.59. The van der Waals surface area contributed by atoms with Gasteiger partial charge >= 0.3 is 5.97 Å². The summed E-state index contributed by atoms with van der Waals surface area (Å²) in [6, 6.07) is 8.34. The van der Waals surface area contributed by atoms with Crippen molar-refractivity contribution >= 4 is 40.2 Å².